The fraction of sp³-hybridized carbons (Fsp3) is 0.207. The third kappa shape index (κ3) is 4.88. The van der Waals surface area contributed by atoms with Crippen LogP contribution in [0.1, 0.15) is 34.0 Å². The lowest BCUT2D eigenvalue weighted by Gasteiger charge is -2.23. The van der Waals surface area contributed by atoms with Gasteiger partial charge in [-0.2, -0.15) is 0 Å². The number of aromatic nitrogens is 1. The number of rotatable bonds is 7. The van der Waals surface area contributed by atoms with Gasteiger partial charge in [0.1, 0.15) is 0 Å². The number of hydrogen-bond donors (Lipinski definition) is 1. The van der Waals surface area contributed by atoms with Crippen LogP contribution in [0, 0.1) is 19.7 Å². The zero-order valence-electron chi connectivity index (χ0n) is 20.0. The first-order chi connectivity index (χ1) is 16.8. The molecular formula is C29H28ClFN2O2. The number of nitrogens with two attached hydrogens (primary N) is 1. The Kier molecular flexibility index (Phi) is 7.39. The van der Waals surface area contributed by atoms with E-state index in [1.807, 2.05) is 68.4 Å². The first kappa shape index (κ1) is 24.7. The van der Waals surface area contributed by atoms with Crippen LogP contribution >= 0.6 is 11.6 Å². The van der Waals surface area contributed by atoms with E-state index in [9.17, 15) is 4.79 Å². The molecule has 0 amide bonds. The molecule has 0 bridgehead atoms. The molecule has 4 nitrogen and oxygen atoms in total. The summed E-state index contributed by atoms with van der Waals surface area (Å²) in [5.74, 6) is -0.483. The Hall–Kier alpha value is -3.41. The summed E-state index contributed by atoms with van der Waals surface area (Å²) in [5, 5.41) is 0.638. The van der Waals surface area contributed by atoms with Gasteiger partial charge in [0.25, 0.3) is 5.56 Å². The summed E-state index contributed by atoms with van der Waals surface area (Å²) in [5.41, 5.74) is 11.0. The fourth-order valence-corrected chi connectivity index (χ4v) is 4.73. The largest absolute Gasteiger partial charge is 0.494 e. The topological polar surface area (TPSA) is 57.2 Å². The number of halogens is 2. The molecule has 4 aromatic rings. The molecule has 3 aromatic carbocycles. The highest BCUT2D eigenvalue weighted by Crippen LogP contribution is 2.33. The summed E-state index contributed by atoms with van der Waals surface area (Å²) in [7, 11) is 1.41. The maximum absolute atomic E-state index is 15.4. The van der Waals surface area contributed by atoms with E-state index in [0.29, 0.717) is 22.6 Å². The third-order valence-corrected chi connectivity index (χ3v) is 6.88. The van der Waals surface area contributed by atoms with Gasteiger partial charge in [-0.3, -0.25) is 4.79 Å². The normalized spacial score (nSPS) is 11.9. The Morgan fingerprint density at radius 3 is 2.37 bits per heavy atom. The van der Waals surface area contributed by atoms with Gasteiger partial charge in [0.15, 0.2) is 11.6 Å². The van der Waals surface area contributed by atoms with E-state index >= 15 is 4.39 Å². The molecule has 0 aliphatic carbocycles. The minimum atomic E-state index is -0.568. The van der Waals surface area contributed by atoms with Crippen molar-refractivity contribution in [3.8, 4) is 16.9 Å². The number of nitrogens with zero attached hydrogens (tertiary/aromatic N) is 1. The third-order valence-electron chi connectivity index (χ3n) is 6.51. The van der Waals surface area contributed by atoms with E-state index < -0.39 is 11.9 Å². The van der Waals surface area contributed by atoms with Crippen LogP contribution in [0.5, 0.6) is 5.75 Å². The predicted molar refractivity (Wildman–Crippen MR) is 140 cm³/mol. The molecular weight excluding hydrogens is 463 g/mol. The molecule has 1 heterocycles. The standard InChI is InChI=1S/C29H28ClFN2O2/c1-18-23(16-21-12-7-8-14-24(21)30)19(2)33(17-25(32)20-10-5-4-6-11-20)29(34)27(18)22-13-9-15-26(35-3)28(22)31/h4-15,25H,16-17,32H2,1-3H3. The fourth-order valence-electron chi connectivity index (χ4n) is 4.53. The Bertz CT molecular complexity index is 1420. The van der Waals surface area contributed by atoms with E-state index in [2.05, 4.69) is 0 Å². The average molecular weight is 491 g/mol. The number of methoxy groups -OCH3 is 1. The highest BCUT2D eigenvalue weighted by molar-refractivity contribution is 6.31. The van der Waals surface area contributed by atoms with Gasteiger partial charge in [-0.1, -0.05) is 72.3 Å². The second-order valence-electron chi connectivity index (χ2n) is 8.59. The Morgan fingerprint density at radius 1 is 1.00 bits per heavy atom. The maximum Gasteiger partial charge on any atom is 0.259 e. The summed E-state index contributed by atoms with van der Waals surface area (Å²) in [6, 6.07) is 21.6. The lowest BCUT2D eigenvalue weighted by molar-refractivity contribution is 0.387. The van der Waals surface area contributed by atoms with Gasteiger partial charge in [0.05, 0.1) is 12.7 Å². The number of benzene rings is 3. The zero-order chi connectivity index (χ0) is 25.1. The van der Waals surface area contributed by atoms with E-state index in [-0.39, 0.29) is 23.4 Å². The summed E-state index contributed by atoms with van der Waals surface area (Å²) in [4.78, 5) is 13.9. The van der Waals surface area contributed by atoms with Crippen LogP contribution in [0.25, 0.3) is 11.1 Å². The van der Waals surface area contributed by atoms with Crippen LogP contribution in [0.4, 0.5) is 4.39 Å². The van der Waals surface area contributed by atoms with Gasteiger partial charge in [0, 0.05) is 35.3 Å². The molecule has 0 saturated heterocycles. The van der Waals surface area contributed by atoms with Crippen LogP contribution in [-0.4, -0.2) is 11.7 Å². The van der Waals surface area contributed by atoms with Crippen LogP contribution in [-0.2, 0) is 13.0 Å². The van der Waals surface area contributed by atoms with E-state index in [0.717, 1.165) is 22.4 Å². The van der Waals surface area contributed by atoms with Crippen molar-refractivity contribution in [1.82, 2.24) is 4.57 Å². The van der Waals surface area contributed by atoms with Crippen molar-refractivity contribution in [3.63, 3.8) is 0 Å². The second-order valence-corrected chi connectivity index (χ2v) is 8.99. The van der Waals surface area contributed by atoms with Crippen molar-refractivity contribution in [1.29, 1.82) is 0 Å². The highest BCUT2D eigenvalue weighted by atomic mass is 35.5. The van der Waals surface area contributed by atoms with Gasteiger partial charge in [-0.05, 0) is 48.2 Å². The molecule has 0 saturated carbocycles. The molecule has 6 heteroatoms. The molecule has 2 N–H and O–H groups in total. The number of pyridine rings is 1. The molecule has 4 rings (SSSR count). The molecule has 0 radical (unpaired) electrons. The Morgan fingerprint density at radius 2 is 1.69 bits per heavy atom. The van der Waals surface area contributed by atoms with Crippen molar-refractivity contribution in [3.05, 3.63) is 122 Å². The van der Waals surface area contributed by atoms with Gasteiger partial charge in [0.2, 0.25) is 0 Å². The average Bonchev–Trinajstić information content (AvgIpc) is 2.87. The van der Waals surface area contributed by atoms with Crippen LogP contribution < -0.4 is 16.0 Å². The smallest absolute Gasteiger partial charge is 0.259 e. The monoisotopic (exact) mass is 490 g/mol. The van der Waals surface area contributed by atoms with Crippen molar-refractivity contribution in [2.45, 2.75) is 32.9 Å². The molecule has 0 spiro atoms. The summed E-state index contributed by atoms with van der Waals surface area (Å²) in [6.07, 6.45) is 0.497. The van der Waals surface area contributed by atoms with Gasteiger partial charge >= 0.3 is 0 Å². The first-order valence-corrected chi connectivity index (χ1v) is 11.8. The zero-order valence-corrected chi connectivity index (χ0v) is 20.8. The highest BCUT2D eigenvalue weighted by Gasteiger charge is 2.23. The Balaban J connectivity index is 1.94. The number of hydrogen-bond acceptors (Lipinski definition) is 3. The molecule has 0 aliphatic rings. The number of ether oxygens (including phenoxy) is 1. The van der Waals surface area contributed by atoms with Crippen molar-refractivity contribution in [2.75, 3.05) is 7.11 Å². The summed E-state index contributed by atoms with van der Waals surface area (Å²) < 4.78 is 22.2. The van der Waals surface area contributed by atoms with Crippen molar-refractivity contribution in [2.24, 2.45) is 5.73 Å². The van der Waals surface area contributed by atoms with Gasteiger partial charge in [-0.15, -0.1) is 0 Å². The van der Waals surface area contributed by atoms with Gasteiger partial charge < -0.3 is 15.0 Å². The van der Waals surface area contributed by atoms with E-state index in [1.54, 1.807) is 16.7 Å². The van der Waals surface area contributed by atoms with E-state index in [4.69, 9.17) is 22.1 Å². The molecule has 0 aliphatic heterocycles. The molecule has 1 atom stereocenters. The quantitative estimate of drug-likeness (QED) is 0.334. The molecule has 35 heavy (non-hydrogen) atoms. The van der Waals surface area contributed by atoms with Gasteiger partial charge in [-0.25, -0.2) is 4.39 Å². The lowest BCUT2D eigenvalue weighted by atomic mass is 9.92. The molecule has 1 aromatic heterocycles. The van der Waals surface area contributed by atoms with Crippen molar-refractivity contribution < 1.29 is 9.13 Å². The molecule has 1 unspecified atom stereocenters. The molecule has 180 valence electrons. The molecule has 0 fully saturated rings. The summed E-state index contributed by atoms with van der Waals surface area (Å²) in [6.45, 7) is 4.02. The minimum Gasteiger partial charge on any atom is -0.494 e. The van der Waals surface area contributed by atoms with E-state index in [1.165, 1.54) is 13.2 Å². The van der Waals surface area contributed by atoms with Crippen LogP contribution in [0.3, 0.4) is 0 Å². The SMILES string of the molecule is COc1cccc(-c2c(C)c(Cc3ccccc3Cl)c(C)n(CC(N)c3ccccc3)c2=O)c1F. The van der Waals surface area contributed by atoms with Crippen LogP contribution in [0.15, 0.2) is 77.6 Å². The van der Waals surface area contributed by atoms with Crippen molar-refractivity contribution >= 4 is 11.6 Å². The Labute approximate surface area is 209 Å². The minimum absolute atomic E-state index is 0.0852. The lowest BCUT2D eigenvalue weighted by Crippen LogP contribution is -2.31. The summed E-state index contributed by atoms with van der Waals surface area (Å²) >= 11 is 6.47. The van der Waals surface area contributed by atoms with Crippen LogP contribution in [0.2, 0.25) is 5.02 Å². The predicted octanol–water partition coefficient (Wildman–Crippen LogP) is 6.22. The first-order valence-electron chi connectivity index (χ1n) is 11.4. The maximum atomic E-state index is 15.4. The second kappa shape index (κ2) is 10.5.